The molecule has 0 fully saturated rings. The van der Waals surface area contributed by atoms with Gasteiger partial charge >= 0.3 is 0 Å². The summed E-state index contributed by atoms with van der Waals surface area (Å²) in [7, 11) is 0. The smallest absolute Gasteiger partial charge is 0.232 e. The molecule has 0 unspecified atom stereocenters. The van der Waals surface area contributed by atoms with Crippen molar-refractivity contribution in [1.82, 2.24) is 15.1 Å². The van der Waals surface area contributed by atoms with Crippen molar-refractivity contribution in [3.05, 3.63) is 59.8 Å². The van der Waals surface area contributed by atoms with E-state index in [1.165, 1.54) is 12.1 Å². The molecule has 0 saturated carbocycles. The zero-order valence-corrected chi connectivity index (χ0v) is 12.3. The molecule has 0 atom stereocenters. The molecule has 1 amide bonds. The molecule has 0 radical (unpaired) electrons. The first kappa shape index (κ1) is 14.8. The first-order chi connectivity index (χ1) is 11.1. The number of nitrogens with zero attached hydrogens (tertiary/aromatic N) is 3. The van der Waals surface area contributed by atoms with Gasteiger partial charge in [-0.05, 0) is 37.3 Å². The van der Waals surface area contributed by atoms with Crippen LogP contribution in [0.4, 0.5) is 10.3 Å². The SMILES string of the molecule is Cc1ccnc(NC(=O)Cc2cc(-c3ccc(F)cc3)on2)n1. The number of nitrogens with one attached hydrogen (secondary N) is 1. The van der Waals surface area contributed by atoms with Gasteiger partial charge in [0.1, 0.15) is 5.82 Å². The van der Waals surface area contributed by atoms with Crippen molar-refractivity contribution in [3.63, 3.8) is 0 Å². The van der Waals surface area contributed by atoms with Gasteiger partial charge in [0.15, 0.2) is 5.76 Å². The zero-order chi connectivity index (χ0) is 16.2. The Morgan fingerprint density at radius 3 is 2.78 bits per heavy atom. The standard InChI is InChI=1S/C16H13FN4O2/c1-10-6-7-18-16(19-10)20-15(22)9-13-8-14(23-21-13)11-2-4-12(17)5-3-11/h2-8H,9H2,1H3,(H,18,19,20,22). The first-order valence-electron chi connectivity index (χ1n) is 6.91. The maximum absolute atomic E-state index is 12.9. The summed E-state index contributed by atoms with van der Waals surface area (Å²) in [4.78, 5) is 20.0. The van der Waals surface area contributed by atoms with Gasteiger partial charge < -0.3 is 4.52 Å². The highest BCUT2D eigenvalue weighted by Gasteiger charge is 2.12. The van der Waals surface area contributed by atoms with Crippen molar-refractivity contribution in [2.45, 2.75) is 13.3 Å². The summed E-state index contributed by atoms with van der Waals surface area (Å²) < 4.78 is 18.1. The van der Waals surface area contributed by atoms with Crippen molar-refractivity contribution in [3.8, 4) is 11.3 Å². The molecule has 6 nitrogen and oxygen atoms in total. The molecule has 1 N–H and O–H groups in total. The van der Waals surface area contributed by atoms with Crippen LogP contribution in [0.25, 0.3) is 11.3 Å². The number of benzene rings is 1. The Labute approximate surface area is 131 Å². The van der Waals surface area contributed by atoms with E-state index in [1.807, 2.05) is 6.92 Å². The molecule has 2 aromatic heterocycles. The second kappa shape index (κ2) is 6.35. The largest absolute Gasteiger partial charge is 0.356 e. The third-order valence-electron chi connectivity index (χ3n) is 3.08. The van der Waals surface area contributed by atoms with E-state index < -0.39 is 0 Å². The Kier molecular flexibility index (Phi) is 4.09. The number of aromatic nitrogens is 3. The van der Waals surface area contributed by atoms with Gasteiger partial charge in [-0.1, -0.05) is 5.16 Å². The first-order valence-corrected chi connectivity index (χ1v) is 6.91. The Bertz CT molecular complexity index is 830. The van der Waals surface area contributed by atoms with E-state index in [-0.39, 0.29) is 24.1 Å². The second-order valence-electron chi connectivity index (χ2n) is 4.94. The maximum atomic E-state index is 12.9. The predicted octanol–water partition coefficient (Wildman–Crippen LogP) is 2.76. The number of carbonyl (C=O) groups is 1. The molecule has 0 aliphatic heterocycles. The van der Waals surface area contributed by atoms with Gasteiger partial charge in [-0.2, -0.15) is 0 Å². The van der Waals surface area contributed by atoms with Crippen LogP contribution in [0, 0.1) is 12.7 Å². The van der Waals surface area contributed by atoms with Gasteiger partial charge in [-0.25, -0.2) is 14.4 Å². The van der Waals surface area contributed by atoms with Gasteiger partial charge in [0.2, 0.25) is 11.9 Å². The highest BCUT2D eigenvalue weighted by molar-refractivity contribution is 5.90. The van der Waals surface area contributed by atoms with Gasteiger partial charge in [-0.3, -0.25) is 10.1 Å². The van der Waals surface area contributed by atoms with Crippen LogP contribution in [0.3, 0.4) is 0 Å². The molecule has 0 spiro atoms. The minimum atomic E-state index is -0.328. The van der Waals surface area contributed by atoms with Crippen molar-refractivity contribution in [2.24, 2.45) is 0 Å². The zero-order valence-electron chi connectivity index (χ0n) is 12.3. The van der Waals surface area contributed by atoms with E-state index in [1.54, 1.807) is 30.5 Å². The molecule has 3 rings (SSSR count). The molecule has 7 heteroatoms. The molecule has 2 heterocycles. The Morgan fingerprint density at radius 2 is 2.04 bits per heavy atom. The van der Waals surface area contributed by atoms with E-state index >= 15 is 0 Å². The molecule has 0 aliphatic carbocycles. The molecular weight excluding hydrogens is 299 g/mol. The minimum absolute atomic E-state index is 0.0298. The fourth-order valence-corrected chi connectivity index (χ4v) is 1.99. The Balaban J connectivity index is 1.66. The van der Waals surface area contributed by atoms with E-state index in [2.05, 4.69) is 20.4 Å². The summed E-state index contributed by atoms with van der Waals surface area (Å²) in [5, 5.41) is 6.44. The molecule has 0 saturated heterocycles. The van der Waals surface area contributed by atoms with Crippen LogP contribution in [0.2, 0.25) is 0 Å². The number of halogens is 1. The average Bonchev–Trinajstić information content (AvgIpc) is 2.96. The number of amides is 1. The topological polar surface area (TPSA) is 80.9 Å². The Hall–Kier alpha value is -3.09. The normalized spacial score (nSPS) is 10.5. The van der Waals surface area contributed by atoms with E-state index in [0.29, 0.717) is 17.0 Å². The van der Waals surface area contributed by atoms with Crippen LogP contribution in [-0.2, 0) is 11.2 Å². The van der Waals surface area contributed by atoms with Crippen molar-refractivity contribution < 1.29 is 13.7 Å². The highest BCUT2D eigenvalue weighted by Crippen LogP contribution is 2.20. The summed E-state index contributed by atoms with van der Waals surface area (Å²) >= 11 is 0. The number of anilines is 1. The maximum Gasteiger partial charge on any atom is 0.232 e. The monoisotopic (exact) mass is 312 g/mol. The number of aryl methyl sites for hydroxylation is 1. The van der Waals surface area contributed by atoms with Gasteiger partial charge in [-0.15, -0.1) is 0 Å². The lowest BCUT2D eigenvalue weighted by atomic mass is 10.1. The van der Waals surface area contributed by atoms with Crippen molar-refractivity contribution >= 4 is 11.9 Å². The van der Waals surface area contributed by atoms with Crippen molar-refractivity contribution in [2.75, 3.05) is 5.32 Å². The summed E-state index contributed by atoms with van der Waals surface area (Å²) in [5.41, 5.74) is 1.91. The second-order valence-corrected chi connectivity index (χ2v) is 4.94. The predicted molar refractivity (Wildman–Crippen MR) is 81.0 cm³/mol. The molecule has 3 aromatic rings. The number of hydrogen-bond donors (Lipinski definition) is 1. The van der Waals surface area contributed by atoms with E-state index in [0.717, 1.165) is 5.69 Å². The lowest BCUT2D eigenvalue weighted by Crippen LogP contribution is -2.16. The van der Waals surface area contributed by atoms with Crippen LogP contribution < -0.4 is 5.32 Å². The average molecular weight is 312 g/mol. The van der Waals surface area contributed by atoms with Crippen LogP contribution in [0.5, 0.6) is 0 Å². The molecule has 1 aromatic carbocycles. The highest BCUT2D eigenvalue weighted by atomic mass is 19.1. The summed E-state index contributed by atoms with van der Waals surface area (Å²) in [6, 6.07) is 9.21. The molecular formula is C16H13FN4O2. The van der Waals surface area contributed by atoms with E-state index in [9.17, 15) is 9.18 Å². The fourth-order valence-electron chi connectivity index (χ4n) is 1.99. The van der Waals surface area contributed by atoms with Gasteiger partial charge in [0.25, 0.3) is 0 Å². The summed E-state index contributed by atoms with van der Waals surface area (Å²) in [5.74, 6) is 0.0948. The number of rotatable bonds is 4. The summed E-state index contributed by atoms with van der Waals surface area (Å²) in [6.07, 6.45) is 1.60. The number of carbonyl (C=O) groups excluding carboxylic acids is 1. The van der Waals surface area contributed by atoms with Crippen LogP contribution in [0.15, 0.2) is 47.1 Å². The Morgan fingerprint density at radius 1 is 1.26 bits per heavy atom. The fraction of sp³-hybridized carbons (Fsp3) is 0.125. The molecule has 0 aliphatic rings. The lowest BCUT2D eigenvalue weighted by Gasteiger charge is -2.01. The third kappa shape index (κ3) is 3.76. The third-order valence-corrected chi connectivity index (χ3v) is 3.08. The minimum Gasteiger partial charge on any atom is -0.356 e. The van der Waals surface area contributed by atoms with Crippen LogP contribution >= 0.6 is 0 Å². The lowest BCUT2D eigenvalue weighted by molar-refractivity contribution is -0.115. The quantitative estimate of drug-likeness (QED) is 0.801. The van der Waals surface area contributed by atoms with Gasteiger partial charge in [0.05, 0.1) is 12.1 Å². The summed E-state index contributed by atoms with van der Waals surface area (Å²) in [6.45, 7) is 1.81. The van der Waals surface area contributed by atoms with E-state index in [4.69, 9.17) is 4.52 Å². The van der Waals surface area contributed by atoms with Crippen LogP contribution in [0.1, 0.15) is 11.4 Å². The molecule has 0 bridgehead atoms. The number of hydrogen-bond acceptors (Lipinski definition) is 5. The van der Waals surface area contributed by atoms with Gasteiger partial charge in [0, 0.05) is 23.5 Å². The molecule has 23 heavy (non-hydrogen) atoms. The van der Waals surface area contributed by atoms with Crippen LogP contribution in [-0.4, -0.2) is 21.0 Å². The van der Waals surface area contributed by atoms with Crippen molar-refractivity contribution in [1.29, 1.82) is 0 Å². The molecule has 116 valence electrons.